The van der Waals surface area contributed by atoms with Crippen LogP contribution in [-0.2, 0) is 22.9 Å². The molecule has 2 N–H and O–H groups in total. The lowest BCUT2D eigenvalue weighted by molar-refractivity contribution is 0.0697. The van der Waals surface area contributed by atoms with Crippen LogP contribution in [0, 0.1) is 0 Å². The summed E-state index contributed by atoms with van der Waals surface area (Å²) in [6.45, 7) is 0. The molecule has 0 saturated carbocycles. The van der Waals surface area contributed by atoms with E-state index in [1.165, 1.54) is 12.1 Å². The van der Waals surface area contributed by atoms with Gasteiger partial charge in [0.1, 0.15) is 0 Å². The maximum absolute atomic E-state index is 12.6. The SMILES string of the molecule is O=C(O)c1cc(S(=O)(=O)Nc2cccc3c2CCCC3)ccc1Cl. The number of aryl methyl sites for hydroxylation is 1. The highest BCUT2D eigenvalue weighted by Crippen LogP contribution is 2.30. The molecule has 1 aliphatic carbocycles. The first kappa shape index (κ1) is 16.8. The first-order valence-electron chi connectivity index (χ1n) is 7.55. The highest BCUT2D eigenvalue weighted by atomic mass is 35.5. The second kappa shape index (κ2) is 6.45. The van der Waals surface area contributed by atoms with Crippen molar-refractivity contribution in [2.45, 2.75) is 30.6 Å². The van der Waals surface area contributed by atoms with E-state index in [1.54, 1.807) is 6.07 Å². The number of anilines is 1. The zero-order valence-corrected chi connectivity index (χ0v) is 14.3. The Bertz CT molecular complexity index is 909. The molecule has 0 fully saturated rings. The zero-order valence-electron chi connectivity index (χ0n) is 12.8. The summed E-state index contributed by atoms with van der Waals surface area (Å²) in [5.74, 6) is -1.27. The van der Waals surface area contributed by atoms with E-state index in [-0.39, 0.29) is 15.5 Å². The minimum atomic E-state index is -3.89. The standard InChI is InChI=1S/C17H16ClNO4S/c18-15-9-8-12(10-14(15)17(20)21)24(22,23)19-16-7-3-5-11-4-1-2-6-13(11)16/h3,5,7-10,19H,1-2,4,6H2,(H,20,21). The maximum Gasteiger partial charge on any atom is 0.337 e. The van der Waals surface area contributed by atoms with Gasteiger partial charge < -0.3 is 5.11 Å². The second-order valence-electron chi connectivity index (χ2n) is 5.70. The first-order chi connectivity index (χ1) is 11.4. The van der Waals surface area contributed by atoms with Gasteiger partial charge >= 0.3 is 5.97 Å². The topological polar surface area (TPSA) is 83.5 Å². The number of fused-ring (bicyclic) bond motifs is 1. The molecule has 0 aromatic heterocycles. The summed E-state index contributed by atoms with van der Waals surface area (Å²) in [6, 6.07) is 9.22. The molecule has 1 aliphatic rings. The summed E-state index contributed by atoms with van der Waals surface area (Å²) in [5.41, 5.74) is 2.48. The molecule has 5 nitrogen and oxygen atoms in total. The van der Waals surface area contributed by atoms with Gasteiger partial charge in [0, 0.05) is 0 Å². The largest absolute Gasteiger partial charge is 0.478 e. The van der Waals surface area contributed by atoms with Crippen molar-refractivity contribution in [2.75, 3.05) is 4.72 Å². The van der Waals surface area contributed by atoms with E-state index in [9.17, 15) is 13.2 Å². The number of benzene rings is 2. The number of aromatic carboxylic acids is 1. The van der Waals surface area contributed by atoms with Gasteiger partial charge in [-0.3, -0.25) is 4.72 Å². The van der Waals surface area contributed by atoms with E-state index in [4.69, 9.17) is 16.7 Å². The van der Waals surface area contributed by atoms with Crippen molar-refractivity contribution in [1.82, 2.24) is 0 Å². The van der Waals surface area contributed by atoms with Gasteiger partial charge in [0.05, 0.1) is 21.2 Å². The average molecular weight is 366 g/mol. The Morgan fingerprint density at radius 2 is 1.88 bits per heavy atom. The average Bonchev–Trinajstić information content (AvgIpc) is 2.55. The van der Waals surface area contributed by atoms with Crippen LogP contribution in [-0.4, -0.2) is 19.5 Å². The number of rotatable bonds is 4. The van der Waals surface area contributed by atoms with Crippen LogP contribution >= 0.6 is 11.6 Å². The number of carbonyl (C=O) groups is 1. The van der Waals surface area contributed by atoms with Gasteiger partial charge in [0.25, 0.3) is 10.0 Å². The molecule has 0 heterocycles. The van der Waals surface area contributed by atoms with Gasteiger partial charge in [-0.25, -0.2) is 13.2 Å². The molecule has 2 aromatic rings. The number of nitrogens with one attached hydrogen (secondary N) is 1. The molecule has 0 saturated heterocycles. The number of hydrogen-bond donors (Lipinski definition) is 2. The highest BCUT2D eigenvalue weighted by molar-refractivity contribution is 7.92. The molecule has 0 bridgehead atoms. The predicted octanol–water partition coefficient (Wildman–Crippen LogP) is 3.72. The Hall–Kier alpha value is -2.05. The minimum absolute atomic E-state index is 0.00135. The van der Waals surface area contributed by atoms with Crippen LogP contribution in [0.15, 0.2) is 41.3 Å². The highest BCUT2D eigenvalue weighted by Gasteiger charge is 2.21. The van der Waals surface area contributed by atoms with Gasteiger partial charge in [0.2, 0.25) is 0 Å². The van der Waals surface area contributed by atoms with Crippen LogP contribution < -0.4 is 4.72 Å². The molecule has 3 rings (SSSR count). The lowest BCUT2D eigenvalue weighted by Crippen LogP contribution is -2.16. The van der Waals surface area contributed by atoms with Crippen molar-refractivity contribution in [3.8, 4) is 0 Å². The molecule has 2 aromatic carbocycles. The monoisotopic (exact) mass is 365 g/mol. The van der Waals surface area contributed by atoms with Crippen LogP contribution in [0.25, 0.3) is 0 Å². The van der Waals surface area contributed by atoms with E-state index >= 15 is 0 Å². The Balaban J connectivity index is 1.98. The van der Waals surface area contributed by atoms with Gasteiger partial charge in [-0.1, -0.05) is 23.7 Å². The Labute approximate surface area is 145 Å². The molecular formula is C17H16ClNO4S. The van der Waals surface area contributed by atoms with Gasteiger partial charge in [-0.2, -0.15) is 0 Å². The van der Waals surface area contributed by atoms with Gasteiger partial charge in [0.15, 0.2) is 0 Å². The Morgan fingerprint density at radius 3 is 2.62 bits per heavy atom. The van der Waals surface area contributed by atoms with Crippen molar-refractivity contribution in [1.29, 1.82) is 0 Å². The van der Waals surface area contributed by atoms with Crippen molar-refractivity contribution in [2.24, 2.45) is 0 Å². The molecule has 0 radical (unpaired) electrons. The van der Waals surface area contributed by atoms with Crippen LogP contribution in [0.1, 0.15) is 34.3 Å². The molecule has 24 heavy (non-hydrogen) atoms. The number of halogens is 1. The van der Waals surface area contributed by atoms with E-state index < -0.39 is 16.0 Å². The molecule has 0 aliphatic heterocycles. The fraction of sp³-hybridized carbons (Fsp3) is 0.235. The third-order valence-corrected chi connectivity index (χ3v) is 5.81. The molecular weight excluding hydrogens is 350 g/mol. The normalized spacial score (nSPS) is 14.0. The summed E-state index contributed by atoms with van der Waals surface area (Å²) in [6.07, 6.45) is 3.89. The van der Waals surface area contributed by atoms with Crippen LogP contribution in [0.5, 0.6) is 0 Å². The minimum Gasteiger partial charge on any atom is -0.478 e. The number of hydrogen-bond acceptors (Lipinski definition) is 3. The summed E-state index contributed by atoms with van der Waals surface area (Å²) in [7, 11) is -3.89. The van der Waals surface area contributed by atoms with Crippen LogP contribution in [0.4, 0.5) is 5.69 Å². The first-order valence-corrected chi connectivity index (χ1v) is 9.41. The number of sulfonamides is 1. The third-order valence-electron chi connectivity index (χ3n) is 4.12. The summed E-state index contributed by atoms with van der Waals surface area (Å²) >= 11 is 5.80. The summed E-state index contributed by atoms with van der Waals surface area (Å²) < 4.78 is 27.8. The summed E-state index contributed by atoms with van der Waals surface area (Å²) in [4.78, 5) is 11.0. The molecule has 7 heteroatoms. The van der Waals surface area contributed by atoms with Gasteiger partial charge in [-0.15, -0.1) is 0 Å². The molecule has 0 atom stereocenters. The van der Waals surface area contributed by atoms with Crippen LogP contribution in [0.3, 0.4) is 0 Å². The molecule has 126 valence electrons. The van der Waals surface area contributed by atoms with Crippen molar-refractivity contribution >= 4 is 33.3 Å². The third kappa shape index (κ3) is 3.25. The van der Waals surface area contributed by atoms with E-state index in [1.807, 2.05) is 12.1 Å². The predicted molar refractivity (Wildman–Crippen MR) is 92.3 cm³/mol. The van der Waals surface area contributed by atoms with E-state index in [0.29, 0.717) is 5.69 Å². The summed E-state index contributed by atoms with van der Waals surface area (Å²) in [5, 5.41) is 9.10. The van der Waals surface area contributed by atoms with Gasteiger partial charge in [-0.05, 0) is 61.1 Å². The number of carboxylic acid groups (broad SMARTS) is 1. The smallest absolute Gasteiger partial charge is 0.337 e. The lowest BCUT2D eigenvalue weighted by Gasteiger charge is -2.20. The Morgan fingerprint density at radius 1 is 1.12 bits per heavy atom. The van der Waals surface area contributed by atoms with Crippen molar-refractivity contribution in [3.63, 3.8) is 0 Å². The van der Waals surface area contributed by atoms with E-state index in [2.05, 4.69) is 4.72 Å². The molecule has 0 amide bonds. The second-order valence-corrected chi connectivity index (χ2v) is 7.79. The van der Waals surface area contributed by atoms with Crippen molar-refractivity contribution in [3.05, 3.63) is 58.1 Å². The quantitative estimate of drug-likeness (QED) is 0.864. The molecule has 0 unspecified atom stereocenters. The fourth-order valence-electron chi connectivity index (χ4n) is 2.92. The lowest BCUT2D eigenvalue weighted by atomic mass is 9.91. The molecule has 0 spiro atoms. The Kier molecular flexibility index (Phi) is 4.51. The maximum atomic E-state index is 12.6. The van der Waals surface area contributed by atoms with Crippen LogP contribution in [0.2, 0.25) is 5.02 Å². The van der Waals surface area contributed by atoms with Crippen molar-refractivity contribution < 1.29 is 18.3 Å². The zero-order chi connectivity index (χ0) is 17.3. The fourth-order valence-corrected chi connectivity index (χ4v) is 4.23. The number of carboxylic acids is 1. The van der Waals surface area contributed by atoms with E-state index in [0.717, 1.165) is 42.9 Å².